The maximum atomic E-state index is 9.32. The van der Waals surface area contributed by atoms with Crippen molar-refractivity contribution in [3.8, 4) is 0 Å². The van der Waals surface area contributed by atoms with Crippen molar-refractivity contribution in [2.24, 2.45) is 17.8 Å². The summed E-state index contributed by atoms with van der Waals surface area (Å²) in [7, 11) is 0. The first-order valence-corrected chi connectivity index (χ1v) is 9.96. The molecule has 0 aromatic carbocycles. The fourth-order valence-electron chi connectivity index (χ4n) is 3.38. The number of unbranched alkanes of at least 4 members (excludes halogenated alkanes) is 3. The minimum Gasteiger partial charge on any atom is -0.394 e. The molecule has 0 radical (unpaired) electrons. The monoisotopic (exact) mass is 334 g/mol. The fraction of sp³-hybridized carbons (Fsp3) is 0.727. The minimum atomic E-state index is -0.520. The van der Waals surface area contributed by atoms with Crippen molar-refractivity contribution in [1.29, 1.82) is 0 Å². The van der Waals surface area contributed by atoms with Gasteiger partial charge < -0.3 is 10.2 Å². The average Bonchev–Trinajstić information content (AvgIpc) is 3.03. The molecule has 0 aromatic rings. The first-order chi connectivity index (χ1) is 11.7. The van der Waals surface area contributed by atoms with Crippen molar-refractivity contribution in [3.63, 3.8) is 0 Å². The van der Waals surface area contributed by atoms with E-state index in [4.69, 9.17) is 5.11 Å². The normalized spacial score (nSPS) is 23.5. The molecule has 2 N–H and O–H groups in total. The van der Waals surface area contributed by atoms with E-state index in [2.05, 4.69) is 50.3 Å². The summed E-state index contributed by atoms with van der Waals surface area (Å²) in [5, 5.41) is 18.1. The van der Waals surface area contributed by atoms with Crippen LogP contribution in [0.15, 0.2) is 36.5 Å². The Hall–Kier alpha value is -0.860. The highest BCUT2D eigenvalue weighted by Gasteiger charge is 2.19. The summed E-state index contributed by atoms with van der Waals surface area (Å²) in [4.78, 5) is 0. The van der Waals surface area contributed by atoms with Gasteiger partial charge in [-0.05, 0) is 49.9 Å². The zero-order chi connectivity index (χ0) is 17.6. The van der Waals surface area contributed by atoms with Gasteiger partial charge in [0.15, 0.2) is 0 Å². The van der Waals surface area contributed by atoms with Crippen LogP contribution in [-0.2, 0) is 0 Å². The molecular formula is C22H38O2. The number of allylic oxidation sites excluding steroid dienone is 6. The van der Waals surface area contributed by atoms with Gasteiger partial charge in [0.1, 0.15) is 0 Å². The van der Waals surface area contributed by atoms with E-state index in [-0.39, 0.29) is 6.61 Å². The Bertz CT molecular complexity index is 383. The molecule has 2 nitrogen and oxygen atoms in total. The average molecular weight is 335 g/mol. The molecule has 0 heterocycles. The molecule has 2 heteroatoms. The van der Waals surface area contributed by atoms with Gasteiger partial charge >= 0.3 is 0 Å². The maximum absolute atomic E-state index is 9.32. The van der Waals surface area contributed by atoms with Crippen molar-refractivity contribution in [1.82, 2.24) is 0 Å². The summed E-state index contributed by atoms with van der Waals surface area (Å²) in [5.41, 5.74) is 0. The molecule has 0 amide bonds. The van der Waals surface area contributed by atoms with E-state index in [0.29, 0.717) is 11.8 Å². The molecule has 1 aliphatic rings. The molecule has 1 rings (SSSR count). The van der Waals surface area contributed by atoms with Crippen molar-refractivity contribution < 1.29 is 10.2 Å². The van der Waals surface area contributed by atoms with E-state index >= 15 is 0 Å². The molecule has 0 aliphatic heterocycles. The van der Waals surface area contributed by atoms with Crippen LogP contribution in [0, 0.1) is 17.8 Å². The largest absolute Gasteiger partial charge is 0.394 e. The third kappa shape index (κ3) is 9.44. The predicted molar refractivity (Wildman–Crippen MR) is 104 cm³/mol. The standard InChI is InChI=1S/C22H38O2/c1-3-4-11-19(2)12-9-14-21-16-10-15-20(21)13-7-5-6-8-17-22(24)18-23/h4,9-11,14,16,19-24H,3,5-8,12-13,15,17-18H2,1-2H3/t19-,20+,21+,22?/m1/s1. The Labute approximate surface area is 149 Å². The lowest BCUT2D eigenvalue weighted by atomic mass is 9.89. The summed E-state index contributed by atoms with van der Waals surface area (Å²) in [5.74, 6) is 2.05. The molecule has 0 aromatic heterocycles. The Morgan fingerprint density at radius 3 is 2.71 bits per heavy atom. The van der Waals surface area contributed by atoms with Crippen LogP contribution in [0.1, 0.15) is 71.6 Å². The summed E-state index contributed by atoms with van der Waals surface area (Å²) in [6.45, 7) is 4.36. The molecule has 24 heavy (non-hydrogen) atoms. The molecule has 138 valence electrons. The molecule has 0 saturated heterocycles. The maximum Gasteiger partial charge on any atom is 0.0770 e. The third-order valence-corrected chi connectivity index (χ3v) is 4.98. The fourth-order valence-corrected chi connectivity index (χ4v) is 3.38. The molecule has 0 fully saturated rings. The second-order valence-corrected chi connectivity index (χ2v) is 7.31. The molecule has 1 aliphatic carbocycles. The van der Waals surface area contributed by atoms with Gasteiger partial charge in [-0.25, -0.2) is 0 Å². The molecule has 0 spiro atoms. The lowest BCUT2D eigenvalue weighted by Gasteiger charge is -2.16. The van der Waals surface area contributed by atoms with Crippen LogP contribution >= 0.6 is 0 Å². The molecule has 0 bridgehead atoms. The summed E-state index contributed by atoms with van der Waals surface area (Å²) in [6.07, 6.45) is 23.8. The van der Waals surface area contributed by atoms with Crippen LogP contribution in [0.3, 0.4) is 0 Å². The first kappa shape index (κ1) is 21.2. The van der Waals surface area contributed by atoms with Crippen molar-refractivity contribution in [2.45, 2.75) is 77.7 Å². The van der Waals surface area contributed by atoms with Gasteiger partial charge in [-0.2, -0.15) is 0 Å². The van der Waals surface area contributed by atoms with Gasteiger partial charge in [-0.3, -0.25) is 0 Å². The van der Waals surface area contributed by atoms with E-state index < -0.39 is 6.10 Å². The SMILES string of the molecule is CCC=C[C@@H](C)CC=C[C@H]1C=CC[C@@H]1CCCCCCC(O)CO. The highest BCUT2D eigenvalue weighted by atomic mass is 16.3. The predicted octanol–water partition coefficient (Wildman–Crippen LogP) is 5.42. The Kier molecular flexibility index (Phi) is 11.9. The molecule has 4 atom stereocenters. The van der Waals surface area contributed by atoms with Gasteiger partial charge in [0.05, 0.1) is 12.7 Å². The van der Waals surface area contributed by atoms with Crippen molar-refractivity contribution >= 4 is 0 Å². The van der Waals surface area contributed by atoms with Crippen LogP contribution < -0.4 is 0 Å². The van der Waals surface area contributed by atoms with Gasteiger partial charge in [0.25, 0.3) is 0 Å². The smallest absolute Gasteiger partial charge is 0.0770 e. The van der Waals surface area contributed by atoms with E-state index in [1.165, 1.54) is 32.1 Å². The molecular weight excluding hydrogens is 296 g/mol. The zero-order valence-electron chi connectivity index (χ0n) is 15.7. The topological polar surface area (TPSA) is 40.5 Å². The zero-order valence-corrected chi connectivity index (χ0v) is 15.7. The third-order valence-electron chi connectivity index (χ3n) is 4.98. The van der Waals surface area contributed by atoms with Crippen molar-refractivity contribution in [3.05, 3.63) is 36.5 Å². The quantitative estimate of drug-likeness (QED) is 0.349. The van der Waals surface area contributed by atoms with E-state index in [1.807, 2.05) is 0 Å². The van der Waals surface area contributed by atoms with Crippen LogP contribution in [0.5, 0.6) is 0 Å². The highest BCUT2D eigenvalue weighted by molar-refractivity contribution is 5.10. The van der Waals surface area contributed by atoms with E-state index in [9.17, 15) is 5.11 Å². The Morgan fingerprint density at radius 1 is 1.17 bits per heavy atom. The highest BCUT2D eigenvalue weighted by Crippen LogP contribution is 2.31. The van der Waals surface area contributed by atoms with Crippen molar-refractivity contribution in [2.75, 3.05) is 6.61 Å². The summed E-state index contributed by atoms with van der Waals surface area (Å²) in [6, 6.07) is 0. The number of aliphatic hydroxyl groups excluding tert-OH is 2. The second-order valence-electron chi connectivity index (χ2n) is 7.31. The van der Waals surface area contributed by atoms with Crippen LogP contribution in [0.25, 0.3) is 0 Å². The number of hydrogen-bond acceptors (Lipinski definition) is 2. The van der Waals surface area contributed by atoms with Gasteiger partial charge in [-0.15, -0.1) is 0 Å². The second kappa shape index (κ2) is 13.4. The summed E-state index contributed by atoms with van der Waals surface area (Å²) < 4.78 is 0. The number of aliphatic hydroxyl groups is 2. The van der Waals surface area contributed by atoms with Gasteiger partial charge in [0.2, 0.25) is 0 Å². The molecule has 1 unspecified atom stereocenters. The number of hydrogen-bond donors (Lipinski definition) is 2. The van der Waals surface area contributed by atoms with Crippen LogP contribution in [0.2, 0.25) is 0 Å². The molecule has 0 saturated carbocycles. The van der Waals surface area contributed by atoms with E-state index in [0.717, 1.165) is 31.6 Å². The first-order valence-electron chi connectivity index (χ1n) is 9.96. The number of rotatable bonds is 13. The van der Waals surface area contributed by atoms with Crippen LogP contribution in [-0.4, -0.2) is 22.9 Å². The van der Waals surface area contributed by atoms with E-state index in [1.54, 1.807) is 0 Å². The van der Waals surface area contributed by atoms with Gasteiger partial charge in [0, 0.05) is 0 Å². The van der Waals surface area contributed by atoms with Crippen LogP contribution in [0.4, 0.5) is 0 Å². The summed E-state index contributed by atoms with van der Waals surface area (Å²) >= 11 is 0. The lowest BCUT2D eigenvalue weighted by Crippen LogP contribution is -2.11. The van der Waals surface area contributed by atoms with Gasteiger partial charge in [-0.1, -0.05) is 76.0 Å². The Balaban J connectivity index is 2.16. The Morgan fingerprint density at radius 2 is 1.96 bits per heavy atom. The minimum absolute atomic E-state index is 0.103. The lowest BCUT2D eigenvalue weighted by molar-refractivity contribution is 0.0859.